The van der Waals surface area contributed by atoms with Gasteiger partial charge in [0.15, 0.2) is 8.07 Å². The van der Waals surface area contributed by atoms with Crippen LogP contribution in [-0.4, -0.2) is 8.07 Å². The molecule has 0 fully saturated rings. The van der Waals surface area contributed by atoms with Gasteiger partial charge in [-0.2, -0.15) is 0 Å². The lowest BCUT2D eigenvalue weighted by Crippen LogP contribution is -2.72. The molecule has 0 N–H and O–H groups in total. The van der Waals surface area contributed by atoms with Gasteiger partial charge in [0.2, 0.25) is 0 Å². The van der Waals surface area contributed by atoms with E-state index >= 15 is 0 Å². The summed E-state index contributed by atoms with van der Waals surface area (Å²) in [4.78, 5) is 2.56. The van der Waals surface area contributed by atoms with E-state index < -0.39 is 8.07 Å². The Morgan fingerprint density at radius 1 is 0.308 bits per heavy atom. The van der Waals surface area contributed by atoms with Crippen molar-refractivity contribution in [2.45, 2.75) is 19.3 Å². The summed E-state index contributed by atoms with van der Waals surface area (Å²) in [6, 6.07) is 93.2. The highest BCUT2D eigenvalue weighted by atomic mass is 28.3. The summed E-state index contributed by atoms with van der Waals surface area (Å²) < 4.78 is 0. The van der Waals surface area contributed by atoms with Crippen molar-refractivity contribution < 1.29 is 0 Å². The van der Waals surface area contributed by atoms with Crippen LogP contribution < -0.4 is 25.6 Å². The maximum absolute atomic E-state index is 2.91. The molecule has 1 aliphatic heterocycles. The maximum Gasteiger partial charge on any atom is 0.180 e. The largest absolute Gasteiger partial charge is 0.310 e. The Kier molecular flexibility index (Phi) is 9.26. The summed E-state index contributed by atoms with van der Waals surface area (Å²) in [6.45, 7) is 4.77. The van der Waals surface area contributed by atoms with E-state index in [1.54, 1.807) is 0 Å². The van der Waals surface area contributed by atoms with Gasteiger partial charge >= 0.3 is 0 Å². The fourth-order valence-electron chi connectivity index (χ4n) is 11.1. The van der Waals surface area contributed by atoms with Gasteiger partial charge in [-0.3, -0.25) is 0 Å². The van der Waals surface area contributed by atoms with Crippen molar-refractivity contribution in [1.82, 2.24) is 0 Å². The van der Waals surface area contributed by atoms with E-state index in [-0.39, 0.29) is 5.41 Å². The first-order valence-corrected chi connectivity index (χ1v) is 24.8. The zero-order valence-corrected chi connectivity index (χ0v) is 37.6. The molecule has 1 nitrogen and oxygen atoms in total. The smallest absolute Gasteiger partial charge is 0.180 e. The van der Waals surface area contributed by atoms with E-state index in [1.807, 2.05) is 0 Å². The Labute approximate surface area is 383 Å². The average Bonchev–Trinajstić information content (AvgIpc) is 3.80. The van der Waals surface area contributed by atoms with Crippen molar-refractivity contribution in [1.29, 1.82) is 0 Å². The lowest BCUT2D eigenvalue weighted by atomic mass is 9.82. The number of nitrogens with zero attached hydrogens (tertiary/aromatic N) is 1. The molecule has 1 aliphatic carbocycles. The number of anilines is 3. The summed E-state index contributed by atoms with van der Waals surface area (Å²) in [5, 5.41) is 5.61. The number of rotatable bonds is 8. The number of hydrogen-bond acceptors (Lipinski definition) is 1. The third kappa shape index (κ3) is 6.20. The molecule has 308 valence electrons. The van der Waals surface area contributed by atoms with Crippen LogP contribution >= 0.6 is 0 Å². The Morgan fingerprint density at radius 3 is 1.48 bits per heavy atom. The molecule has 12 rings (SSSR count). The van der Waals surface area contributed by atoms with Crippen LogP contribution in [-0.2, 0) is 5.41 Å². The summed E-state index contributed by atoms with van der Waals surface area (Å²) in [7, 11) is -2.91. The maximum atomic E-state index is 2.56. The van der Waals surface area contributed by atoms with E-state index in [0.29, 0.717) is 0 Å². The highest BCUT2D eigenvalue weighted by Crippen LogP contribution is 2.52. The molecule has 0 radical (unpaired) electrons. The van der Waals surface area contributed by atoms with Crippen molar-refractivity contribution in [2.24, 2.45) is 0 Å². The van der Waals surface area contributed by atoms with Gasteiger partial charge in [-0.1, -0.05) is 226 Å². The molecule has 2 aliphatic rings. The molecule has 0 bridgehead atoms. The predicted molar refractivity (Wildman–Crippen MR) is 278 cm³/mol. The third-order valence-electron chi connectivity index (χ3n) is 14.1. The van der Waals surface area contributed by atoms with Crippen LogP contribution in [0.2, 0.25) is 0 Å². The molecule has 2 heteroatoms. The molecule has 10 aromatic rings. The van der Waals surface area contributed by atoms with Gasteiger partial charge < -0.3 is 4.90 Å². The topological polar surface area (TPSA) is 3.24 Å². The first-order valence-electron chi connectivity index (χ1n) is 22.8. The van der Waals surface area contributed by atoms with E-state index in [4.69, 9.17) is 0 Å². The van der Waals surface area contributed by atoms with Gasteiger partial charge in [-0.05, 0) is 118 Å². The van der Waals surface area contributed by atoms with Gasteiger partial charge in [0, 0.05) is 22.4 Å². The van der Waals surface area contributed by atoms with Crippen molar-refractivity contribution in [3.63, 3.8) is 0 Å². The molecule has 0 atom stereocenters. The fraction of sp³-hybridized carbons (Fsp3) is 0.0476. The van der Waals surface area contributed by atoms with Crippen LogP contribution in [0.15, 0.2) is 249 Å². The van der Waals surface area contributed by atoms with Gasteiger partial charge in [0.1, 0.15) is 0 Å². The minimum atomic E-state index is -2.91. The van der Waals surface area contributed by atoms with Crippen LogP contribution in [0.4, 0.5) is 17.1 Å². The molecule has 0 unspecified atom stereocenters. The summed E-state index contributed by atoms with van der Waals surface area (Å²) >= 11 is 0. The van der Waals surface area contributed by atoms with Gasteiger partial charge in [0.25, 0.3) is 0 Å². The first-order chi connectivity index (χ1) is 32.0. The second-order valence-electron chi connectivity index (χ2n) is 18.0. The van der Waals surface area contributed by atoms with Crippen LogP contribution in [0, 0.1) is 0 Å². The van der Waals surface area contributed by atoms with Crippen LogP contribution in [0.5, 0.6) is 0 Å². The normalized spacial score (nSPS) is 13.6. The third-order valence-corrected chi connectivity index (χ3v) is 19.0. The standard InChI is InChI=1S/C63H47NSi/c1-63(2)58-32-18-15-29-53(58)54-37-36-49(43-59(54)63)64(60-38-35-47(44-21-7-3-8-22-44)41-57(60)46-25-11-5-12-26-46)50-39-48(45-23-9-4-10-24-45)40-52(42-50)65(51-27-13-6-14-28-51)61-33-19-16-30-55(61)56-31-17-20-34-62(56)65/h3-43H,1-2H3. The second kappa shape index (κ2) is 15.5. The number of benzene rings is 10. The minimum Gasteiger partial charge on any atom is -0.310 e. The van der Waals surface area contributed by atoms with Crippen LogP contribution in [0.25, 0.3) is 55.6 Å². The van der Waals surface area contributed by atoms with Gasteiger partial charge in [0.05, 0.1) is 5.69 Å². The highest BCUT2D eigenvalue weighted by Gasteiger charge is 2.49. The molecule has 65 heavy (non-hydrogen) atoms. The molecule has 0 amide bonds. The lowest BCUT2D eigenvalue weighted by Gasteiger charge is -2.34. The molecule has 10 aromatic carbocycles. The summed E-state index contributed by atoms with van der Waals surface area (Å²) in [5.74, 6) is 0. The summed E-state index contributed by atoms with van der Waals surface area (Å²) in [5.41, 5.74) is 18.4. The van der Waals surface area contributed by atoms with E-state index in [1.165, 1.54) is 87.5 Å². The molecule has 1 heterocycles. The van der Waals surface area contributed by atoms with Crippen molar-refractivity contribution in [2.75, 3.05) is 4.90 Å². The molecule has 0 saturated carbocycles. The van der Waals surface area contributed by atoms with Crippen molar-refractivity contribution in [3.8, 4) is 55.6 Å². The summed E-state index contributed by atoms with van der Waals surface area (Å²) in [6.07, 6.45) is 0. The average molecular weight is 846 g/mol. The monoisotopic (exact) mass is 845 g/mol. The van der Waals surface area contributed by atoms with E-state index in [2.05, 4.69) is 267 Å². The minimum absolute atomic E-state index is 0.175. The van der Waals surface area contributed by atoms with Gasteiger partial charge in [-0.15, -0.1) is 0 Å². The first kappa shape index (κ1) is 38.9. The van der Waals surface area contributed by atoms with E-state index in [0.717, 1.165) is 17.1 Å². The van der Waals surface area contributed by atoms with E-state index in [9.17, 15) is 0 Å². The molecule has 0 saturated heterocycles. The second-order valence-corrected chi connectivity index (χ2v) is 21.8. The molecule has 0 aromatic heterocycles. The van der Waals surface area contributed by atoms with Crippen LogP contribution in [0.1, 0.15) is 25.0 Å². The number of fused-ring (bicyclic) bond motifs is 6. The Hall–Kier alpha value is -7.78. The predicted octanol–water partition coefficient (Wildman–Crippen LogP) is 13.8. The molecular weight excluding hydrogens is 799 g/mol. The highest BCUT2D eigenvalue weighted by molar-refractivity contribution is 7.22. The molecule has 0 spiro atoms. The lowest BCUT2D eigenvalue weighted by molar-refractivity contribution is 0.660. The Bertz CT molecular complexity index is 3350. The zero-order chi connectivity index (χ0) is 43.5. The Morgan fingerprint density at radius 2 is 0.831 bits per heavy atom. The fourth-order valence-corrected chi connectivity index (χ4v) is 16.3. The SMILES string of the molecule is CC1(C)c2ccccc2-c2ccc(N(c3cc(-c4ccccc4)cc([Si]4(c5ccccc5)c5ccccc5-c5ccccc54)c3)c3ccc(-c4ccccc4)cc3-c3ccccc3)cc21. The zero-order valence-electron chi connectivity index (χ0n) is 36.6. The molecular formula is C63H47NSi. The Balaban J connectivity index is 1.19. The van der Waals surface area contributed by atoms with Gasteiger partial charge in [-0.25, -0.2) is 0 Å². The quantitative estimate of drug-likeness (QED) is 0.138. The van der Waals surface area contributed by atoms with Crippen molar-refractivity contribution in [3.05, 3.63) is 260 Å². The van der Waals surface area contributed by atoms with Crippen molar-refractivity contribution >= 4 is 45.9 Å². The number of hydrogen-bond donors (Lipinski definition) is 0. The van der Waals surface area contributed by atoms with Crippen LogP contribution in [0.3, 0.4) is 0 Å².